The number of esters is 1. The Morgan fingerprint density at radius 1 is 1.00 bits per heavy atom. The van der Waals surface area contributed by atoms with Crippen LogP contribution in [0.5, 0.6) is 0 Å². The normalized spacial score (nSPS) is 17.6. The number of aromatic nitrogens is 1. The first-order chi connectivity index (χ1) is 19.5. The quantitative estimate of drug-likeness (QED) is 0.450. The van der Waals surface area contributed by atoms with E-state index in [4.69, 9.17) is 4.74 Å². The van der Waals surface area contributed by atoms with Crippen LogP contribution in [0, 0.1) is 0 Å². The highest BCUT2D eigenvalue weighted by Gasteiger charge is 2.37. The van der Waals surface area contributed by atoms with Crippen molar-refractivity contribution in [3.8, 4) is 0 Å². The van der Waals surface area contributed by atoms with Gasteiger partial charge in [0, 0.05) is 74.3 Å². The van der Waals surface area contributed by atoms with E-state index in [1.54, 1.807) is 18.0 Å². The number of nitrogens with zero attached hydrogens (tertiary/aromatic N) is 3. The minimum absolute atomic E-state index is 0.115. The molecule has 2 amide bonds. The Morgan fingerprint density at radius 2 is 1.78 bits per heavy atom. The number of aromatic amines is 1. The van der Waals surface area contributed by atoms with E-state index >= 15 is 0 Å². The number of rotatable bonds is 5. The lowest BCUT2D eigenvalue weighted by Crippen LogP contribution is -2.37. The first-order valence-electron chi connectivity index (χ1n) is 14.5. The first-order valence-corrected chi connectivity index (χ1v) is 14.5. The van der Waals surface area contributed by atoms with E-state index in [1.165, 1.54) is 0 Å². The first kappa shape index (κ1) is 28.6. The second kappa shape index (κ2) is 11.5. The topological polar surface area (TPSA) is 86.0 Å². The Bertz CT molecular complexity index is 1500. The summed E-state index contributed by atoms with van der Waals surface area (Å²) in [7, 11) is 0. The van der Waals surface area contributed by atoms with E-state index in [9.17, 15) is 14.4 Å². The third-order valence-corrected chi connectivity index (χ3v) is 7.94. The number of carbonyl (C=O) groups excluding carboxylic acids is 3. The van der Waals surface area contributed by atoms with E-state index in [2.05, 4.69) is 29.8 Å². The van der Waals surface area contributed by atoms with Crippen molar-refractivity contribution in [2.45, 2.75) is 59.1 Å². The van der Waals surface area contributed by atoms with Crippen LogP contribution < -0.4 is 0 Å². The molecule has 0 aliphatic carbocycles. The molecule has 0 atom stereocenters. The fourth-order valence-corrected chi connectivity index (χ4v) is 6.05. The fraction of sp³-hybridized carbons (Fsp3) is 0.424. The number of hydrogen-bond acceptors (Lipinski definition) is 5. The Labute approximate surface area is 241 Å². The highest BCUT2D eigenvalue weighted by Crippen LogP contribution is 2.40. The molecule has 0 bridgehead atoms. The van der Waals surface area contributed by atoms with Crippen molar-refractivity contribution >= 4 is 34.3 Å². The minimum Gasteiger partial charge on any atom is -0.459 e. The highest BCUT2D eigenvalue weighted by atomic mass is 16.5. The third kappa shape index (κ3) is 6.07. The summed E-state index contributed by atoms with van der Waals surface area (Å²) < 4.78 is 5.64. The van der Waals surface area contributed by atoms with Gasteiger partial charge in [0.15, 0.2) is 0 Å². The van der Waals surface area contributed by atoms with Crippen molar-refractivity contribution in [3.63, 3.8) is 0 Å². The molecule has 8 nitrogen and oxygen atoms in total. The SMILES string of the molecule is CC(=O)N1CCCN(Cc2cccc(C(=O)N3C=C(C(=O)OC(C)C)c4[nH]c5ccccc5c4C(C)(C)C3)c2)CC1. The Morgan fingerprint density at radius 3 is 2.54 bits per heavy atom. The van der Waals surface area contributed by atoms with Gasteiger partial charge in [0.2, 0.25) is 5.91 Å². The van der Waals surface area contributed by atoms with Crippen LogP contribution in [0.4, 0.5) is 0 Å². The molecule has 8 heteroatoms. The molecule has 3 heterocycles. The zero-order valence-electron chi connectivity index (χ0n) is 24.7. The summed E-state index contributed by atoms with van der Waals surface area (Å²) >= 11 is 0. The van der Waals surface area contributed by atoms with Crippen LogP contribution in [0.25, 0.3) is 16.5 Å². The maximum Gasteiger partial charge on any atom is 0.342 e. The molecule has 1 aromatic heterocycles. The van der Waals surface area contributed by atoms with Gasteiger partial charge in [-0.05, 0) is 49.6 Å². The molecule has 3 aromatic rings. The number of ether oxygens (including phenoxy) is 1. The van der Waals surface area contributed by atoms with Crippen LogP contribution in [-0.2, 0) is 26.3 Å². The smallest absolute Gasteiger partial charge is 0.342 e. The second-order valence-electron chi connectivity index (χ2n) is 12.1. The number of H-pyrrole nitrogens is 1. The lowest BCUT2D eigenvalue weighted by molar-refractivity contribution is -0.140. The van der Waals surface area contributed by atoms with Crippen LogP contribution in [0.3, 0.4) is 0 Å². The monoisotopic (exact) mass is 556 g/mol. The molecule has 41 heavy (non-hydrogen) atoms. The van der Waals surface area contributed by atoms with Crippen molar-refractivity contribution in [2.24, 2.45) is 0 Å². The predicted molar refractivity (Wildman–Crippen MR) is 160 cm³/mol. The average molecular weight is 557 g/mol. The second-order valence-corrected chi connectivity index (χ2v) is 12.1. The van der Waals surface area contributed by atoms with Gasteiger partial charge in [0.05, 0.1) is 17.4 Å². The maximum atomic E-state index is 14.0. The zero-order chi connectivity index (χ0) is 29.3. The van der Waals surface area contributed by atoms with Crippen LogP contribution >= 0.6 is 0 Å². The number of benzene rings is 2. The summed E-state index contributed by atoms with van der Waals surface area (Å²) in [5.74, 6) is -0.510. The number of fused-ring (bicyclic) bond motifs is 3. The molecular weight excluding hydrogens is 516 g/mol. The highest BCUT2D eigenvalue weighted by molar-refractivity contribution is 6.18. The molecule has 2 aromatic carbocycles. The molecule has 2 aliphatic rings. The van der Waals surface area contributed by atoms with Gasteiger partial charge in [-0.1, -0.05) is 44.2 Å². The van der Waals surface area contributed by atoms with E-state index in [0.717, 1.165) is 48.1 Å². The molecule has 0 spiro atoms. The van der Waals surface area contributed by atoms with Gasteiger partial charge >= 0.3 is 5.97 Å². The van der Waals surface area contributed by atoms with Crippen molar-refractivity contribution < 1.29 is 19.1 Å². The lowest BCUT2D eigenvalue weighted by Gasteiger charge is -2.30. The Hall–Kier alpha value is -3.91. The molecular formula is C33H40N4O4. The fourth-order valence-electron chi connectivity index (χ4n) is 6.05. The van der Waals surface area contributed by atoms with E-state index in [-0.39, 0.29) is 17.9 Å². The average Bonchev–Trinajstić information content (AvgIpc) is 3.08. The standard InChI is InChI=1S/C33H40N4O4/c1-22(2)41-32(40)27-20-37(21-33(4,5)29-26-12-6-7-13-28(26)34-30(27)29)31(39)25-11-8-10-24(18-25)19-35-14-9-15-36(17-16-35)23(3)38/h6-8,10-13,18,20,22,34H,9,14-17,19,21H2,1-5H3. The number of amides is 2. The van der Waals surface area contributed by atoms with E-state index in [0.29, 0.717) is 36.5 Å². The van der Waals surface area contributed by atoms with Crippen LogP contribution in [0.1, 0.15) is 68.2 Å². The summed E-state index contributed by atoms with van der Waals surface area (Å²) in [5.41, 5.74) is 4.16. The molecule has 1 saturated heterocycles. The lowest BCUT2D eigenvalue weighted by atomic mass is 9.81. The zero-order valence-corrected chi connectivity index (χ0v) is 24.7. The van der Waals surface area contributed by atoms with Gasteiger partial charge in [-0.25, -0.2) is 4.79 Å². The number of nitrogens with one attached hydrogen (secondary N) is 1. The van der Waals surface area contributed by atoms with Crippen LogP contribution in [-0.4, -0.2) is 76.3 Å². The molecule has 5 rings (SSSR count). The molecule has 2 aliphatic heterocycles. The van der Waals surface area contributed by atoms with E-state index < -0.39 is 11.4 Å². The van der Waals surface area contributed by atoms with Gasteiger partial charge in [-0.2, -0.15) is 0 Å². The summed E-state index contributed by atoms with van der Waals surface area (Å²) in [6, 6.07) is 15.7. The largest absolute Gasteiger partial charge is 0.459 e. The van der Waals surface area contributed by atoms with Crippen molar-refractivity contribution in [2.75, 3.05) is 32.7 Å². The minimum atomic E-state index is -0.460. The van der Waals surface area contributed by atoms with Crippen LogP contribution in [0.15, 0.2) is 54.7 Å². The molecule has 1 fully saturated rings. The summed E-state index contributed by atoms with van der Waals surface area (Å²) in [6.45, 7) is 13.8. The third-order valence-electron chi connectivity index (χ3n) is 7.94. The van der Waals surface area contributed by atoms with Crippen molar-refractivity contribution in [1.29, 1.82) is 0 Å². The predicted octanol–water partition coefficient (Wildman–Crippen LogP) is 4.95. The van der Waals surface area contributed by atoms with Crippen molar-refractivity contribution in [1.82, 2.24) is 19.7 Å². The molecule has 0 unspecified atom stereocenters. The number of para-hydroxylation sites is 1. The number of hydrogen-bond donors (Lipinski definition) is 1. The van der Waals surface area contributed by atoms with Gasteiger partial charge in [0.1, 0.15) is 0 Å². The molecule has 216 valence electrons. The summed E-state index contributed by atoms with van der Waals surface area (Å²) in [4.78, 5) is 48.6. The van der Waals surface area contributed by atoms with Gasteiger partial charge in [-0.15, -0.1) is 0 Å². The van der Waals surface area contributed by atoms with Crippen molar-refractivity contribution in [3.05, 3.63) is 77.1 Å². The molecule has 0 saturated carbocycles. The molecule has 0 radical (unpaired) electrons. The Kier molecular flexibility index (Phi) is 8.04. The summed E-state index contributed by atoms with van der Waals surface area (Å²) in [5, 5.41) is 1.04. The van der Waals surface area contributed by atoms with Gasteiger partial charge in [-0.3, -0.25) is 14.5 Å². The summed E-state index contributed by atoms with van der Waals surface area (Å²) in [6.07, 6.45) is 2.29. The van der Waals surface area contributed by atoms with Gasteiger partial charge in [0.25, 0.3) is 5.91 Å². The van der Waals surface area contributed by atoms with Gasteiger partial charge < -0.3 is 19.5 Å². The van der Waals surface area contributed by atoms with Crippen LogP contribution in [0.2, 0.25) is 0 Å². The number of carbonyl (C=O) groups is 3. The Balaban J connectivity index is 1.46. The van der Waals surface area contributed by atoms with E-state index in [1.807, 2.05) is 61.2 Å². The maximum absolute atomic E-state index is 14.0. The molecule has 1 N–H and O–H groups in total.